The highest BCUT2D eigenvalue weighted by atomic mass is 32.2. The molecule has 0 saturated carbocycles. The molecule has 0 spiro atoms. The second kappa shape index (κ2) is 7.78. The molecule has 6 nitrogen and oxygen atoms in total. The molecule has 0 aliphatic heterocycles. The molecule has 0 atom stereocenters. The predicted molar refractivity (Wildman–Crippen MR) is 86.9 cm³/mol. The smallest absolute Gasteiger partial charge is 0.270 e. The molecule has 0 amide bonds. The summed E-state index contributed by atoms with van der Waals surface area (Å²) >= 11 is 1.34. The molecule has 0 radical (unpaired) electrons. The summed E-state index contributed by atoms with van der Waals surface area (Å²) < 4.78 is 38.6. The van der Waals surface area contributed by atoms with Crippen molar-refractivity contribution in [3.8, 4) is 0 Å². The Bertz CT molecular complexity index is 797. The summed E-state index contributed by atoms with van der Waals surface area (Å²) in [4.78, 5) is 11.7. The number of thioether (sulfide) groups is 1. The Labute approximate surface area is 138 Å². The van der Waals surface area contributed by atoms with Crippen LogP contribution in [0.1, 0.15) is 19.8 Å². The van der Waals surface area contributed by atoms with Gasteiger partial charge in [0.2, 0.25) is 0 Å². The van der Waals surface area contributed by atoms with Crippen LogP contribution in [0.25, 0.3) is 0 Å². The van der Waals surface area contributed by atoms with E-state index in [0.29, 0.717) is 23.9 Å². The zero-order valence-corrected chi connectivity index (χ0v) is 14.3. The van der Waals surface area contributed by atoms with E-state index in [-0.39, 0.29) is 16.3 Å². The molecule has 0 bridgehead atoms. The maximum Gasteiger partial charge on any atom is 0.343 e. The summed E-state index contributed by atoms with van der Waals surface area (Å²) in [5.74, 6) is 0.0228. The van der Waals surface area contributed by atoms with Crippen molar-refractivity contribution in [2.45, 2.75) is 36.4 Å². The van der Waals surface area contributed by atoms with E-state index >= 15 is 0 Å². The van der Waals surface area contributed by atoms with E-state index in [1.54, 1.807) is 4.57 Å². The molecular formula is C14H18FN3O3S2. The average Bonchev–Trinajstić information content (AvgIpc) is 2.86. The van der Waals surface area contributed by atoms with Gasteiger partial charge in [0.05, 0.1) is 10.6 Å². The zero-order valence-electron chi connectivity index (χ0n) is 12.7. The first kappa shape index (κ1) is 17.7. The number of H-pyrrole nitrogens is 1. The number of hydrogen-bond donors (Lipinski definition) is 1. The van der Waals surface area contributed by atoms with Crippen LogP contribution >= 0.6 is 11.8 Å². The Morgan fingerprint density at radius 1 is 1.30 bits per heavy atom. The summed E-state index contributed by atoms with van der Waals surface area (Å²) in [5, 5.41) is 6.89. The van der Waals surface area contributed by atoms with Gasteiger partial charge in [0.1, 0.15) is 5.82 Å². The van der Waals surface area contributed by atoms with Crippen molar-refractivity contribution in [1.29, 1.82) is 0 Å². The SMILES string of the molecule is CCCn1c(SCCCS(=O)(=O)c2ccc(F)cc2)n[nH]c1=O. The molecule has 126 valence electrons. The lowest BCUT2D eigenvalue weighted by Gasteiger charge is -2.05. The van der Waals surface area contributed by atoms with Crippen molar-refractivity contribution in [2.24, 2.45) is 0 Å². The van der Waals surface area contributed by atoms with E-state index < -0.39 is 15.7 Å². The normalized spacial score (nSPS) is 11.7. The fourth-order valence-electron chi connectivity index (χ4n) is 2.01. The number of halogens is 1. The van der Waals surface area contributed by atoms with Crippen molar-refractivity contribution in [2.75, 3.05) is 11.5 Å². The number of sulfone groups is 1. The zero-order chi connectivity index (χ0) is 16.9. The van der Waals surface area contributed by atoms with Gasteiger partial charge < -0.3 is 0 Å². The summed E-state index contributed by atoms with van der Waals surface area (Å²) in [7, 11) is -3.42. The molecule has 1 aromatic carbocycles. The molecular weight excluding hydrogens is 341 g/mol. The second-order valence-corrected chi connectivity index (χ2v) is 8.11. The molecule has 2 aromatic rings. The van der Waals surface area contributed by atoms with Crippen LogP contribution in [0.15, 0.2) is 39.1 Å². The summed E-state index contributed by atoms with van der Waals surface area (Å²) in [6.45, 7) is 2.54. The molecule has 0 fully saturated rings. The molecule has 0 aliphatic carbocycles. The van der Waals surface area contributed by atoms with Crippen LogP contribution in [0.3, 0.4) is 0 Å². The lowest BCUT2D eigenvalue weighted by molar-refractivity contribution is 0.593. The van der Waals surface area contributed by atoms with Crippen molar-refractivity contribution in [3.05, 3.63) is 40.6 Å². The van der Waals surface area contributed by atoms with Gasteiger partial charge in [-0.2, -0.15) is 0 Å². The van der Waals surface area contributed by atoms with Crippen LogP contribution in [0, 0.1) is 5.82 Å². The maximum absolute atomic E-state index is 12.8. The van der Waals surface area contributed by atoms with Gasteiger partial charge in [-0.1, -0.05) is 18.7 Å². The van der Waals surface area contributed by atoms with Crippen molar-refractivity contribution >= 4 is 21.6 Å². The van der Waals surface area contributed by atoms with E-state index in [2.05, 4.69) is 10.2 Å². The molecule has 2 rings (SSSR count). The minimum Gasteiger partial charge on any atom is -0.270 e. The fourth-order valence-corrected chi connectivity index (χ4v) is 4.41. The van der Waals surface area contributed by atoms with Crippen LogP contribution < -0.4 is 5.69 Å². The number of hydrogen-bond acceptors (Lipinski definition) is 5. The highest BCUT2D eigenvalue weighted by Crippen LogP contribution is 2.17. The van der Waals surface area contributed by atoms with Crippen LogP contribution in [-0.2, 0) is 16.4 Å². The largest absolute Gasteiger partial charge is 0.343 e. The van der Waals surface area contributed by atoms with Gasteiger partial charge in [0.15, 0.2) is 15.0 Å². The molecule has 1 heterocycles. The second-order valence-electron chi connectivity index (χ2n) is 4.94. The Morgan fingerprint density at radius 2 is 2.00 bits per heavy atom. The topological polar surface area (TPSA) is 84.8 Å². The lowest BCUT2D eigenvalue weighted by Crippen LogP contribution is -2.17. The Hall–Kier alpha value is -1.61. The van der Waals surface area contributed by atoms with Crippen molar-refractivity contribution < 1.29 is 12.8 Å². The molecule has 23 heavy (non-hydrogen) atoms. The van der Waals surface area contributed by atoms with Crippen LogP contribution in [0.4, 0.5) is 4.39 Å². The highest BCUT2D eigenvalue weighted by Gasteiger charge is 2.15. The highest BCUT2D eigenvalue weighted by molar-refractivity contribution is 7.99. The third-order valence-electron chi connectivity index (χ3n) is 3.13. The quantitative estimate of drug-likeness (QED) is 0.443. The number of nitrogens with one attached hydrogen (secondary N) is 1. The fraction of sp³-hybridized carbons (Fsp3) is 0.429. The molecule has 1 N–H and O–H groups in total. The minimum absolute atomic E-state index is 0.0337. The van der Waals surface area contributed by atoms with Crippen molar-refractivity contribution in [1.82, 2.24) is 14.8 Å². The standard InChI is InChI=1S/C14H18FN3O3S2/c1-2-8-18-13(19)16-17-14(18)22-9-3-10-23(20,21)12-6-4-11(15)5-7-12/h4-7H,2-3,8-10H2,1H3,(H,16,19). The van der Waals surface area contributed by atoms with E-state index in [1.165, 1.54) is 23.9 Å². The van der Waals surface area contributed by atoms with Crippen LogP contribution in [0.5, 0.6) is 0 Å². The first-order chi connectivity index (χ1) is 10.9. The van der Waals surface area contributed by atoms with Crippen LogP contribution in [0.2, 0.25) is 0 Å². The third kappa shape index (κ3) is 4.68. The monoisotopic (exact) mass is 359 g/mol. The first-order valence-corrected chi connectivity index (χ1v) is 9.84. The molecule has 0 unspecified atom stereocenters. The van der Waals surface area contributed by atoms with E-state index in [4.69, 9.17) is 0 Å². The third-order valence-corrected chi connectivity index (χ3v) is 6.01. The number of nitrogens with zero attached hydrogens (tertiary/aromatic N) is 2. The Kier molecular flexibility index (Phi) is 6.00. The van der Waals surface area contributed by atoms with E-state index in [0.717, 1.165) is 18.6 Å². The molecule has 0 aliphatic rings. The summed E-state index contributed by atoms with van der Waals surface area (Å²) in [6, 6.07) is 4.80. The first-order valence-electron chi connectivity index (χ1n) is 7.20. The van der Waals surface area contributed by atoms with Gasteiger partial charge in [0, 0.05) is 12.3 Å². The van der Waals surface area contributed by atoms with E-state index in [9.17, 15) is 17.6 Å². The average molecular weight is 359 g/mol. The molecule has 1 aromatic heterocycles. The van der Waals surface area contributed by atoms with Crippen molar-refractivity contribution in [3.63, 3.8) is 0 Å². The van der Waals surface area contributed by atoms with E-state index in [1.807, 2.05) is 6.92 Å². The molecule has 0 saturated heterocycles. The minimum atomic E-state index is -3.42. The summed E-state index contributed by atoms with van der Waals surface area (Å²) in [5.41, 5.74) is -0.256. The Balaban J connectivity index is 1.90. The maximum atomic E-state index is 12.8. The van der Waals surface area contributed by atoms with Gasteiger partial charge in [-0.15, -0.1) is 5.10 Å². The number of rotatable bonds is 8. The number of aromatic amines is 1. The van der Waals surface area contributed by atoms with Gasteiger partial charge >= 0.3 is 5.69 Å². The van der Waals surface area contributed by atoms with Gasteiger partial charge in [-0.25, -0.2) is 22.7 Å². The Morgan fingerprint density at radius 3 is 2.65 bits per heavy atom. The van der Waals surface area contributed by atoms with Crippen LogP contribution in [-0.4, -0.2) is 34.7 Å². The summed E-state index contributed by atoms with van der Waals surface area (Å²) in [6.07, 6.45) is 1.23. The lowest BCUT2D eigenvalue weighted by atomic mass is 10.4. The van der Waals surface area contributed by atoms with Gasteiger partial charge in [-0.05, 0) is 37.1 Å². The number of benzene rings is 1. The van der Waals surface area contributed by atoms with Gasteiger partial charge in [0.25, 0.3) is 0 Å². The predicted octanol–water partition coefficient (Wildman–Crippen LogP) is 2.08. The van der Waals surface area contributed by atoms with Gasteiger partial charge in [-0.3, -0.25) is 4.57 Å². The number of aromatic nitrogens is 3. The molecule has 9 heteroatoms.